The molecule has 0 aromatic heterocycles. The van der Waals surface area contributed by atoms with E-state index in [9.17, 15) is 12.8 Å². The van der Waals surface area contributed by atoms with Gasteiger partial charge in [-0.05, 0) is 36.0 Å². The van der Waals surface area contributed by atoms with Crippen molar-refractivity contribution in [1.82, 2.24) is 4.31 Å². The molecule has 112 valence electrons. The van der Waals surface area contributed by atoms with E-state index in [1.807, 2.05) is 0 Å². The number of halogens is 2. The number of rotatable bonds is 3. The summed E-state index contributed by atoms with van der Waals surface area (Å²) >= 11 is 5.77. The molecule has 1 saturated heterocycles. The number of nitrogens with zero attached hydrogens (tertiary/aromatic N) is 1. The first-order chi connectivity index (χ1) is 9.26. The van der Waals surface area contributed by atoms with E-state index in [2.05, 4.69) is 13.8 Å². The smallest absolute Gasteiger partial charge is 0.207 e. The highest BCUT2D eigenvalue weighted by molar-refractivity contribution is 7.89. The Morgan fingerprint density at radius 2 is 1.90 bits per heavy atom. The Labute approximate surface area is 124 Å². The van der Waals surface area contributed by atoms with E-state index in [0.717, 1.165) is 18.9 Å². The maximum absolute atomic E-state index is 13.4. The maximum atomic E-state index is 13.4. The van der Waals surface area contributed by atoms with E-state index in [-0.39, 0.29) is 16.2 Å². The predicted octanol–water partition coefficient (Wildman–Crippen LogP) is 3.38. The van der Waals surface area contributed by atoms with Crippen molar-refractivity contribution >= 4 is 21.6 Å². The van der Waals surface area contributed by atoms with Gasteiger partial charge in [0.15, 0.2) is 0 Å². The summed E-state index contributed by atoms with van der Waals surface area (Å²) in [5.74, 6) is -0.511. The summed E-state index contributed by atoms with van der Waals surface area (Å²) < 4.78 is 40.1. The third-order valence-electron chi connectivity index (χ3n) is 3.87. The summed E-state index contributed by atoms with van der Waals surface area (Å²) in [6, 6.07) is 3.73. The monoisotopic (exact) mass is 319 g/mol. The number of hydrogen-bond donors (Lipinski definition) is 0. The van der Waals surface area contributed by atoms with Crippen LogP contribution in [0.4, 0.5) is 4.39 Å². The SMILES string of the molecule is CC1(C)CCN(S(=O)(=O)c2cc(F)ccc2CCl)CC1. The molecular weight excluding hydrogens is 301 g/mol. The van der Waals surface area contributed by atoms with Crippen molar-refractivity contribution < 1.29 is 12.8 Å². The average molecular weight is 320 g/mol. The Balaban J connectivity index is 2.34. The molecule has 1 aromatic carbocycles. The molecule has 1 aliphatic heterocycles. The van der Waals surface area contributed by atoms with Crippen LogP contribution in [0, 0.1) is 11.2 Å². The van der Waals surface area contributed by atoms with Crippen molar-refractivity contribution in [2.75, 3.05) is 13.1 Å². The average Bonchev–Trinajstić information content (AvgIpc) is 2.38. The topological polar surface area (TPSA) is 37.4 Å². The zero-order chi connectivity index (χ0) is 15.0. The van der Waals surface area contributed by atoms with Crippen LogP contribution in [0.3, 0.4) is 0 Å². The molecule has 0 aliphatic carbocycles. The largest absolute Gasteiger partial charge is 0.243 e. The number of alkyl halides is 1. The summed E-state index contributed by atoms with van der Waals surface area (Å²) in [6.45, 7) is 5.19. The maximum Gasteiger partial charge on any atom is 0.243 e. The van der Waals surface area contributed by atoms with Gasteiger partial charge in [0, 0.05) is 19.0 Å². The molecule has 0 atom stereocenters. The van der Waals surface area contributed by atoms with Crippen LogP contribution in [0.25, 0.3) is 0 Å². The van der Waals surface area contributed by atoms with Gasteiger partial charge in [-0.25, -0.2) is 12.8 Å². The molecule has 1 aromatic rings. The first-order valence-electron chi connectivity index (χ1n) is 6.61. The third-order valence-corrected chi connectivity index (χ3v) is 6.14. The van der Waals surface area contributed by atoms with Gasteiger partial charge in [-0.2, -0.15) is 4.31 Å². The van der Waals surface area contributed by atoms with Crippen molar-refractivity contribution in [2.45, 2.75) is 37.5 Å². The lowest BCUT2D eigenvalue weighted by atomic mass is 9.83. The van der Waals surface area contributed by atoms with E-state index < -0.39 is 15.8 Å². The van der Waals surface area contributed by atoms with Crippen molar-refractivity contribution in [1.29, 1.82) is 0 Å². The Hall–Kier alpha value is -0.650. The summed E-state index contributed by atoms with van der Waals surface area (Å²) in [5.41, 5.74) is 0.599. The van der Waals surface area contributed by atoms with Crippen molar-refractivity contribution in [3.05, 3.63) is 29.6 Å². The Morgan fingerprint density at radius 3 is 2.45 bits per heavy atom. The molecular formula is C14H19ClFNO2S. The minimum Gasteiger partial charge on any atom is -0.207 e. The molecule has 1 fully saturated rings. The fraction of sp³-hybridized carbons (Fsp3) is 0.571. The van der Waals surface area contributed by atoms with Crippen LogP contribution in [0.5, 0.6) is 0 Å². The standard InChI is InChI=1S/C14H19ClFNO2S/c1-14(2)5-7-17(8-6-14)20(18,19)13-9-12(16)4-3-11(13)10-15/h3-4,9H,5-8,10H2,1-2H3. The second kappa shape index (κ2) is 5.62. The second-order valence-electron chi connectivity index (χ2n) is 5.95. The minimum atomic E-state index is -3.67. The van der Waals surface area contributed by atoms with E-state index >= 15 is 0 Å². The van der Waals surface area contributed by atoms with E-state index in [1.54, 1.807) is 0 Å². The predicted molar refractivity (Wildman–Crippen MR) is 77.7 cm³/mol. The van der Waals surface area contributed by atoms with E-state index in [1.165, 1.54) is 16.4 Å². The van der Waals surface area contributed by atoms with Gasteiger partial charge in [0.2, 0.25) is 10.0 Å². The van der Waals surface area contributed by atoms with Gasteiger partial charge < -0.3 is 0 Å². The zero-order valence-electron chi connectivity index (χ0n) is 11.7. The van der Waals surface area contributed by atoms with Gasteiger partial charge in [0.05, 0.1) is 4.90 Å². The van der Waals surface area contributed by atoms with Crippen molar-refractivity contribution in [2.24, 2.45) is 5.41 Å². The van der Waals surface area contributed by atoms with Crippen molar-refractivity contribution in [3.8, 4) is 0 Å². The summed E-state index contributed by atoms with van der Waals surface area (Å²) in [7, 11) is -3.67. The van der Waals surface area contributed by atoms with E-state index in [4.69, 9.17) is 11.6 Å². The van der Waals surface area contributed by atoms with Gasteiger partial charge in [0.25, 0.3) is 0 Å². The van der Waals surface area contributed by atoms with Crippen LogP contribution >= 0.6 is 11.6 Å². The number of sulfonamides is 1. The first kappa shape index (κ1) is 15.7. The molecule has 6 heteroatoms. The summed E-state index contributed by atoms with van der Waals surface area (Å²) in [6.07, 6.45) is 1.61. The summed E-state index contributed by atoms with van der Waals surface area (Å²) in [5, 5.41) is 0. The molecule has 20 heavy (non-hydrogen) atoms. The fourth-order valence-corrected chi connectivity index (χ4v) is 4.34. The van der Waals surface area contributed by atoms with Gasteiger partial charge in [-0.1, -0.05) is 19.9 Å². The van der Waals surface area contributed by atoms with E-state index in [0.29, 0.717) is 18.7 Å². The highest BCUT2D eigenvalue weighted by Crippen LogP contribution is 2.33. The van der Waals surface area contributed by atoms with Crippen LogP contribution < -0.4 is 0 Å². The van der Waals surface area contributed by atoms with Gasteiger partial charge >= 0.3 is 0 Å². The normalized spacial score (nSPS) is 20.0. The minimum absolute atomic E-state index is 0.00722. The molecule has 0 radical (unpaired) electrons. The highest BCUT2D eigenvalue weighted by Gasteiger charge is 2.33. The number of piperidine rings is 1. The molecule has 1 heterocycles. The molecule has 1 aliphatic rings. The highest BCUT2D eigenvalue weighted by atomic mass is 35.5. The number of benzene rings is 1. The quantitative estimate of drug-likeness (QED) is 0.801. The fourth-order valence-electron chi connectivity index (χ4n) is 2.35. The van der Waals surface area contributed by atoms with Gasteiger partial charge in [0.1, 0.15) is 5.82 Å². The Bertz CT molecular complexity index is 591. The molecule has 3 nitrogen and oxygen atoms in total. The lowest BCUT2D eigenvalue weighted by Gasteiger charge is -2.36. The molecule has 0 amide bonds. The molecule has 0 unspecified atom stereocenters. The van der Waals surface area contributed by atoms with Crippen LogP contribution in [0.15, 0.2) is 23.1 Å². The molecule has 0 spiro atoms. The first-order valence-corrected chi connectivity index (χ1v) is 8.58. The van der Waals surface area contributed by atoms with Crippen LogP contribution in [-0.2, 0) is 15.9 Å². The molecule has 0 bridgehead atoms. The molecule has 0 saturated carbocycles. The molecule has 2 rings (SSSR count). The second-order valence-corrected chi connectivity index (χ2v) is 8.13. The third kappa shape index (κ3) is 3.15. The van der Waals surface area contributed by atoms with Crippen molar-refractivity contribution in [3.63, 3.8) is 0 Å². The van der Waals surface area contributed by atoms with Crippen LogP contribution in [0.1, 0.15) is 32.3 Å². The lowest BCUT2D eigenvalue weighted by molar-refractivity contribution is 0.195. The lowest BCUT2D eigenvalue weighted by Crippen LogP contribution is -2.41. The Kier molecular flexibility index (Phi) is 4.42. The van der Waals surface area contributed by atoms with Crippen LogP contribution in [0.2, 0.25) is 0 Å². The Morgan fingerprint density at radius 1 is 1.30 bits per heavy atom. The summed E-state index contributed by atoms with van der Waals surface area (Å²) in [4.78, 5) is -0.00722. The zero-order valence-corrected chi connectivity index (χ0v) is 13.3. The van der Waals surface area contributed by atoms with Crippen LogP contribution in [-0.4, -0.2) is 25.8 Å². The van der Waals surface area contributed by atoms with Gasteiger partial charge in [-0.15, -0.1) is 11.6 Å². The number of hydrogen-bond acceptors (Lipinski definition) is 2. The molecule has 0 N–H and O–H groups in total. The van der Waals surface area contributed by atoms with Gasteiger partial charge in [-0.3, -0.25) is 0 Å².